The molecule has 7 aliphatic rings. The highest BCUT2D eigenvalue weighted by Gasteiger charge is 2.49. The van der Waals surface area contributed by atoms with Crippen molar-refractivity contribution in [3.05, 3.63) is 238 Å². The summed E-state index contributed by atoms with van der Waals surface area (Å²) in [6.07, 6.45) is 1.33. The number of nitrogens with zero attached hydrogens (tertiary/aromatic N) is 4. The first kappa shape index (κ1) is 66.9. The van der Waals surface area contributed by atoms with E-state index in [4.69, 9.17) is 38.9 Å². The molecule has 0 bridgehead atoms. The number of Topliss-reactive ketones (excluding diaryl/α,β-unsaturated/α-hetero) is 1. The molecule has 8 heterocycles. The van der Waals surface area contributed by atoms with Crippen molar-refractivity contribution >= 4 is 35.1 Å². The smallest absolute Gasteiger partial charge is 0.416 e. The van der Waals surface area contributed by atoms with Crippen LogP contribution in [0.25, 0.3) is 22.5 Å². The van der Waals surface area contributed by atoms with Gasteiger partial charge in [0.15, 0.2) is 40.3 Å². The van der Waals surface area contributed by atoms with E-state index >= 15 is 0 Å². The van der Waals surface area contributed by atoms with E-state index in [0.29, 0.717) is 78.4 Å². The predicted molar refractivity (Wildman–Crippen MR) is 356 cm³/mol. The van der Waals surface area contributed by atoms with E-state index in [2.05, 4.69) is 38.1 Å². The Kier molecular flexibility index (Phi) is 19.5. The summed E-state index contributed by atoms with van der Waals surface area (Å²) in [4.78, 5) is 73.0. The fourth-order valence-corrected chi connectivity index (χ4v) is 12.4. The number of nitrogens with one attached hydrogen (secondary N) is 3. The van der Waals surface area contributed by atoms with Gasteiger partial charge in [-0.15, -0.1) is 0 Å². The highest BCUT2D eigenvalue weighted by molar-refractivity contribution is 6.33. The van der Waals surface area contributed by atoms with E-state index < -0.39 is 41.4 Å². The summed E-state index contributed by atoms with van der Waals surface area (Å²) in [6, 6.07) is 45.5. The number of amides is 4. The first-order valence-corrected chi connectivity index (χ1v) is 32.1. The van der Waals surface area contributed by atoms with Crippen molar-refractivity contribution in [1.82, 2.24) is 30.5 Å². The van der Waals surface area contributed by atoms with Gasteiger partial charge in [0, 0.05) is 80.0 Å². The van der Waals surface area contributed by atoms with Crippen LogP contribution in [0, 0.1) is 30.5 Å². The van der Waals surface area contributed by atoms with E-state index in [-0.39, 0.29) is 67.3 Å². The molecule has 512 valence electrons. The van der Waals surface area contributed by atoms with E-state index in [1.54, 1.807) is 54.7 Å². The number of allylic oxidation sites excluding steroid dienone is 1. The number of aliphatic hydroxyl groups excluding tert-OH is 1. The molecule has 4 amide bonds. The molecule has 25 heteroatoms. The van der Waals surface area contributed by atoms with E-state index in [9.17, 15) is 46.6 Å². The zero-order valence-electron chi connectivity index (χ0n) is 53.8. The van der Waals surface area contributed by atoms with Gasteiger partial charge in [-0.25, -0.2) is 14.4 Å². The average Bonchev–Trinajstić information content (AvgIpc) is 1.60. The standard InChI is InChI=1S/C22H22F3N3O4.C21H19FN2O2.C21H17NO5.C11H8N2O2/c23-22(24,25)15-3-1-2-13(6-15)8-27-20(29)16-10-26-11-17(16)21(30)28-9-14-4-5-18-19(7-14)32-12-31-18;1-13-18(21(23)25)11-19(15-4-6-17(22)7-5-15)24(13)12-14-2-3-16-8-9-26-20(16)10-14;23-19(13-6-7-13)17-20(24)18(12-4-2-1-3-5-12)22(21(17)25)14-8-9-15-16(10-14)27-11-26-15;1-2-10-11(15-7-14-10)5-8(1)9-3-4-12-6-13-9/h1-7,16-17,26H,8-12H2,(H,27,29)(H,28,30);2-7,10-11H,8-9,12H2,1H3,(H2,23,25);1-5,8-10,13,18,23H,6-7,11H2;1-6H,7H2/t16-,17?;;;/m0.../s1. The molecule has 100 heavy (non-hydrogen) atoms. The SMILES string of the molecule is Cc1c(C(N)=O)cc(-c2ccc(F)cc2)n1Cc1ccc2c(c1)OCC2.O=C(NCc1ccc2c(c1)OCO2)C1CNC[C@@H]1C(=O)NCc1cccc(C(F)(F)F)c1.O=C1C(=C(O)C2CC2)C(=O)N(c2ccc3c(c2)OCO3)C1c1ccccc1.c1cc(-c2ccc3c(c2)OCO3)ncn1. The molecule has 7 aromatic carbocycles. The number of carbonyl (C=O) groups excluding carboxylic acids is 5. The molecular formula is C75H66F4N8O13. The van der Waals surface area contributed by atoms with Crippen LogP contribution in [-0.2, 0) is 51.4 Å². The minimum atomic E-state index is -4.45. The molecule has 0 radical (unpaired) electrons. The van der Waals surface area contributed by atoms with Crippen LogP contribution in [0.1, 0.15) is 68.3 Å². The Hall–Kier alpha value is -11.7. The number of anilines is 1. The van der Waals surface area contributed by atoms with Crippen molar-refractivity contribution < 1.29 is 79.8 Å². The number of benzene rings is 7. The van der Waals surface area contributed by atoms with E-state index in [1.165, 1.54) is 41.1 Å². The molecule has 0 spiro atoms. The molecular weight excluding hydrogens is 1300 g/mol. The fraction of sp³-hybridized carbons (Fsp3) is 0.240. The minimum absolute atomic E-state index is 0.0508. The van der Waals surface area contributed by atoms with Crippen LogP contribution in [-0.4, -0.2) is 89.1 Å². The number of aliphatic hydroxyl groups is 1. The van der Waals surface area contributed by atoms with Crippen LogP contribution in [0.5, 0.6) is 40.2 Å². The Morgan fingerprint density at radius 2 is 1.26 bits per heavy atom. The number of nitrogens with two attached hydrogens (primary N) is 1. The lowest BCUT2D eigenvalue weighted by Crippen LogP contribution is -2.41. The highest BCUT2D eigenvalue weighted by Crippen LogP contribution is 2.46. The Bertz CT molecular complexity index is 4610. The lowest BCUT2D eigenvalue weighted by molar-refractivity contribution is -0.137. The van der Waals surface area contributed by atoms with Crippen molar-refractivity contribution in [1.29, 1.82) is 0 Å². The number of primary amides is 1. The van der Waals surface area contributed by atoms with Gasteiger partial charge in [0.05, 0.1) is 35.3 Å². The quantitative estimate of drug-likeness (QED) is 0.0293. The van der Waals surface area contributed by atoms with Crippen LogP contribution in [0.2, 0.25) is 0 Å². The monoisotopic (exact) mass is 1360 g/mol. The lowest BCUT2D eigenvalue weighted by Gasteiger charge is -2.23. The first-order chi connectivity index (χ1) is 48.4. The summed E-state index contributed by atoms with van der Waals surface area (Å²) < 4.78 is 91.4. The molecule has 1 aliphatic carbocycles. The summed E-state index contributed by atoms with van der Waals surface area (Å²) in [5, 5.41) is 19.0. The second kappa shape index (κ2) is 29.2. The molecule has 6 aliphatic heterocycles. The summed E-state index contributed by atoms with van der Waals surface area (Å²) in [5.41, 5.74) is 14.2. The number of ether oxygens (including phenoxy) is 7. The predicted octanol–water partition coefficient (Wildman–Crippen LogP) is 11.1. The summed E-state index contributed by atoms with van der Waals surface area (Å²) in [5.74, 6) is 1.27. The summed E-state index contributed by atoms with van der Waals surface area (Å²) in [6.45, 7) is 4.62. The topological polar surface area (TPSA) is 266 Å². The summed E-state index contributed by atoms with van der Waals surface area (Å²) >= 11 is 0. The van der Waals surface area contributed by atoms with Gasteiger partial charge >= 0.3 is 6.18 Å². The normalized spacial score (nSPS) is 17.7. The van der Waals surface area contributed by atoms with Gasteiger partial charge in [-0.3, -0.25) is 28.9 Å². The van der Waals surface area contributed by atoms with Gasteiger partial charge in [0.2, 0.25) is 32.2 Å². The van der Waals surface area contributed by atoms with Gasteiger partial charge in [-0.2, -0.15) is 13.2 Å². The molecule has 21 nitrogen and oxygen atoms in total. The Labute approximate surface area is 570 Å². The Morgan fingerprint density at radius 3 is 1.91 bits per heavy atom. The van der Waals surface area contributed by atoms with Crippen LogP contribution in [0.15, 0.2) is 188 Å². The molecule has 3 atom stereocenters. The molecule has 1 saturated carbocycles. The Balaban J connectivity index is 0.000000123. The highest BCUT2D eigenvalue weighted by atomic mass is 19.4. The van der Waals surface area contributed by atoms with Gasteiger partial charge in [-0.05, 0) is 150 Å². The number of fused-ring (bicyclic) bond motifs is 4. The fourth-order valence-electron chi connectivity index (χ4n) is 12.4. The maximum atomic E-state index is 13.3. The zero-order valence-corrected chi connectivity index (χ0v) is 53.8. The number of rotatable bonds is 14. The number of alkyl halides is 3. The van der Waals surface area contributed by atoms with Gasteiger partial charge < -0.3 is 64.5 Å². The molecule has 2 unspecified atom stereocenters. The van der Waals surface area contributed by atoms with Crippen molar-refractivity contribution in [3.8, 4) is 62.8 Å². The van der Waals surface area contributed by atoms with Crippen LogP contribution < -0.4 is 59.7 Å². The molecule has 6 N–H and O–H groups in total. The molecule has 3 fully saturated rings. The molecule has 2 saturated heterocycles. The van der Waals surface area contributed by atoms with Crippen molar-refractivity contribution in [2.75, 3.05) is 45.0 Å². The van der Waals surface area contributed by atoms with Crippen LogP contribution >= 0.6 is 0 Å². The molecule has 9 aromatic rings. The molecule has 16 rings (SSSR count). The largest absolute Gasteiger partial charge is 0.511 e. The van der Waals surface area contributed by atoms with Crippen LogP contribution in [0.4, 0.5) is 23.2 Å². The number of carbonyl (C=O) groups is 5. The number of aromatic nitrogens is 3. The molecule has 2 aromatic heterocycles. The number of hydrogen-bond acceptors (Lipinski definition) is 16. The summed E-state index contributed by atoms with van der Waals surface area (Å²) in [7, 11) is 0. The van der Waals surface area contributed by atoms with Gasteiger partial charge in [-0.1, -0.05) is 60.7 Å². The number of ketones is 1. The second-order valence-corrected chi connectivity index (χ2v) is 24.3. The average molecular weight is 1360 g/mol. The van der Waals surface area contributed by atoms with Gasteiger partial charge in [0.1, 0.15) is 35.3 Å². The lowest BCUT2D eigenvalue weighted by atomic mass is 9.94. The zero-order chi connectivity index (χ0) is 69.6. The maximum Gasteiger partial charge on any atom is 0.416 e. The second-order valence-electron chi connectivity index (χ2n) is 24.3. The van der Waals surface area contributed by atoms with E-state index in [1.807, 2.05) is 78.2 Å². The third-order valence-corrected chi connectivity index (χ3v) is 17.8. The van der Waals surface area contributed by atoms with Crippen LogP contribution in [0.3, 0.4) is 0 Å². The Morgan fingerprint density at radius 1 is 0.650 bits per heavy atom. The number of hydrogen-bond donors (Lipinski definition) is 5. The number of halogens is 4. The van der Waals surface area contributed by atoms with Gasteiger partial charge in [0.25, 0.3) is 11.8 Å². The third-order valence-electron chi connectivity index (χ3n) is 17.8. The van der Waals surface area contributed by atoms with Crippen molar-refractivity contribution in [2.24, 2.45) is 23.5 Å². The third kappa shape index (κ3) is 14.9. The van der Waals surface area contributed by atoms with Crippen molar-refractivity contribution in [3.63, 3.8) is 0 Å². The minimum Gasteiger partial charge on any atom is -0.511 e. The first-order valence-electron chi connectivity index (χ1n) is 32.1. The van der Waals surface area contributed by atoms with E-state index in [0.717, 1.165) is 88.0 Å². The van der Waals surface area contributed by atoms with Crippen molar-refractivity contribution in [2.45, 2.75) is 58.0 Å². The maximum absolute atomic E-state index is 13.3.